The minimum atomic E-state index is -0.387. The molecule has 0 saturated carbocycles. The van der Waals surface area contributed by atoms with Crippen LogP contribution in [-0.2, 0) is 11.3 Å². The van der Waals surface area contributed by atoms with Gasteiger partial charge < -0.3 is 18.9 Å². The van der Waals surface area contributed by atoms with Crippen LogP contribution in [0, 0.1) is 0 Å². The number of amides is 1. The first-order valence-corrected chi connectivity index (χ1v) is 9.76. The molecule has 1 N–H and O–H groups in total. The number of carbonyl (C=O) groups is 2. The van der Waals surface area contributed by atoms with E-state index in [1.54, 1.807) is 42.5 Å². The van der Waals surface area contributed by atoms with E-state index >= 15 is 0 Å². The van der Waals surface area contributed by atoms with Crippen molar-refractivity contribution in [1.29, 1.82) is 0 Å². The Morgan fingerprint density at radius 1 is 1.00 bits per heavy atom. The van der Waals surface area contributed by atoms with E-state index in [-0.39, 0.29) is 18.7 Å². The molecule has 1 aliphatic heterocycles. The fourth-order valence-electron chi connectivity index (χ4n) is 3.00. The minimum Gasteiger partial charge on any atom is -0.488 e. The van der Waals surface area contributed by atoms with Crippen LogP contribution < -0.4 is 19.6 Å². The Labute approximate surface area is 184 Å². The van der Waals surface area contributed by atoms with Gasteiger partial charge in [0.05, 0.1) is 18.9 Å². The second-order valence-corrected chi connectivity index (χ2v) is 6.78. The lowest BCUT2D eigenvalue weighted by Crippen LogP contribution is -2.17. The number of para-hydroxylation sites is 1. The highest BCUT2D eigenvalue weighted by atomic mass is 16.7. The number of carbonyl (C=O) groups excluding carboxylic acids is 2. The van der Waals surface area contributed by atoms with Crippen LogP contribution in [-0.4, -0.2) is 32.0 Å². The zero-order valence-corrected chi connectivity index (χ0v) is 17.2. The molecule has 3 aromatic carbocycles. The van der Waals surface area contributed by atoms with Gasteiger partial charge in [0.1, 0.15) is 12.4 Å². The third-order valence-corrected chi connectivity index (χ3v) is 4.69. The van der Waals surface area contributed by atoms with Gasteiger partial charge in [-0.2, -0.15) is 5.10 Å². The minimum absolute atomic E-state index is 0.144. The van der Waals surface area contributed by atoms with Crippen LogP contribution in [0.4, 0.5) is 0 Å². The van der Waals surface area contributed by atoms with Gasteiger partial charge in [-0.3, -0.25) is 4.79 Å². The van der Waals surface area contributed by atoms with E-state index in [4.69, 9.17) is 18.9 Å². The first kappa shape index (κ1) is 20.9. The molecule has 0 radical (unpaired) electrons. The molecule has 1 amide bonds. The van der Waals surface area contributed by atoms with Gasteiger partial charge in [-0.1, -0.05) is 24.3 Å². The van der Waals surface area contributed by atoms with E-state index in [1.165, 1.54) is 13.3 Å². The standard InChI is InChI=1S/C24H20N2O6/c1-29-24(28)17-8-6-16(7-9-17)14-30-20-5-3-2-4-19(20)13-25-26-23(27)18-10-11-21-22(12-18)32-15-31-21/h2-13H,14-15H2,1H3,(H,26,27)/b25-13-. The largest absolute Gasteiger partial charge is 0.488 e. The SMILES string of the molecule is COC(=O)c1ccc(COc2ccccc2/C=N\NC(=O)c2ccc3c(c2)OCO3)cc1. The maximum absolute atomic E-state index is 12.3. The summed E-state index contributed by atoms with van der Waals surface area (Å²) in [5, 5.41) is 4.04. The second kappa shape index (κ2) is 9.65. The number of esters is 1. The Hall–Kier alpha value is -4.33. The summed E-state index contributed by atoms with van der Waals surface area (Å²) in [5.74, 6) is 0.979. The molecule has 0 saturated heterocycles. The number of benzene rings is 3. The van der Waals surface area contributed by atoms with E-state index in [9.17, 15) is 9.59 Å². The number of ether oxygens (including phenoxy) is 4. The highest BCUT2D eigenvalue weighted by Gasteiger charge is 2.16. The van der Waals surface area contributed by atoms with Gasteiger partial charge >= 0.3 is 5.97 Å². The zero-order chi connectivity index (χ0) is 22.3. The second-order valence-electron chi connectivity index (χ2n) is 6.78. The molecule has 0 fully saturated rings. The van der Waals surface area contributed by atoms with Crippen LogP contribution in [0.25, 0.3) is 0 Å². The molecule has 162 valence electrons. The van der Waals surface area contributed by atoms with Gasteiger partial charge in [0.25, 0.3) is 5.91 Å². The van der Waals surface area contributed by atoms with Crippen molar-refractivity contribution in [1.82, 2.24) is 5.43 Å². The van der Waals surface area contributed by atoms with Gasteiger partial charge in [0.15, 0.2) is 11.5 Å². The Bertz CT molecular complexity index is 1160. The lowest BCUT2D eigenvalue weighted by Gasteiger charge is -2.09. The quantitative estimate of drug-likeness (QED) is 0.349. The smallest absolute Gasteiger partial charge is 0.337 e. The first-order chi connectivity index (χ1) is 15.6. The molecule has 1 aliphatic rings. The molecule has 0 unspecified atom stereocenters. The molecule has 32 heavy (non-hydrogen) atoms. The van der Waals surface area contributed by atoms with Crippen LogP contribution in [0.5, 0.6) is 17.2 Å². The van der Waals surface area contributed by atoms with Crippen LogP contribution in [0.15, 0.2) is 71.8 Å². The third kappa shape index (κ3) is 4.86. The maximum Gasteiger partial charge on any atom is 0.337 e. The summed E-state index contributed by atoms with van der Waals surface area (Å²) in [6.45, 7) is 0.445. The van der Waals surface area contributed by atoms with Crippen molar-refractivity contribution in [3.05, 3.63) is 89.0 Å². The predicted molar refractivity (Wildman–Crippen MR) is 116 cm³/mol. The van der Waals surface area contributed by atoms with E-state index < -0.39 is 0 Å². The maximum atomic E-state index is 12.3. The summed E-state index contributed by atoms with van der Waals surface area (Å²) in [7, 11) is 1.34. The number of nitrogens with one attached hydrogen (secondary N) is 1. The fraction of sp³-hybridized carbons (Fsp3) is 0.125. The Morgan fingerprint density at radius 3 is 2.56 bits per heavy atom. The van der Waals surface area contributed by atoms with Crippen molar-refractivity contribution >= 4 is 18.1 Å². The number of nitrogens with zero attached hydrogens (tertiary/aromatic N) is 1. The number of hydrogen-bond acceptors (Lipinski definition) is 7. The van der Waals surface area contributed by atoms with Crippen molar-refractivity contribution in [3.8, 4) is 17.2 Å². The van der Waals surface area contributed by atoms with Crippen molar-refractivity contribution in [2.45, 2.75) is 6.61 Å². The lowest BCUT2D eigenvalue weighted by molar-refractivity contribution is 0.0600. The Kier molecular flexibility index (Phi) is 6.31. The molecule has 0 aliphatic carbocycles. The molecule has 8 nitrogen and oxygen atoms in total. The van der Waals surface area contributed by atoms with Gasteiger partial charge in [-0.25, -0.2) is 10.2 Å². The topological polar surface area (TPSA) is 95.5 Å². The van der Waals surface area contributed by atoms with Gasteiger partial charge in [0, 0.05) is 11.1 Å². The molecular weight excluding hydrogens is 412 g/mol. The van der Waals surface area contributed by atoms with Crippen LogP contribution in [0.1, 0.15) is 31.8 Å². The average molecular weight is 432 g/mol. The number of rotatable bonds is 7. The fourth-order valence-corrected chi connectivity index (χ4v) is 3.00. The Morgan fingerprint density at radius 2 is 1.75 bits per heavy atom. The number of hydrogen-bond donors (Lipinski definition) is 1. The van der Waals surface area contributed by atoms with Gasteiger partial charge in [-0.05, 0) is 48.0 Å². The summed E-state index contributed by atoms with van der Waals surface area (Å²) >= 11 is 0. The molecular formula is C24H20N2O6. The van der Waals surface area contributed by atoms with E-state index in [2.05, 4.69) is 10.5 Å². The molecule has 0 aromatic heterocycles. The molecule has 4 rings (SSSR count). The summed E-state index contributed by atoms with van der Waals surface area (Å²) in [6, 6.07) is 19.2. The van der Waals surface area contributed by atoms with Crippen LogP contribution in [0.2, 0.25) is 0 Å². The molecule has 0 atom stereocenters. The van der Waals surface area contributed by atoms with Crippen molar-refractivity contribution < 1.29 is 28.5 Å². The zero-order valence-electron chi connectivity index (χ0n) is 17.2. The highest BCUT2D eigenvalue weighted by Crippen LogP contribution is 2.32. The molecule has 1 heterocycles. The first-order valence-electron chi connectivity index (χ1n) is 9.76. The van der Waals surface area contributed by atoms with Crippen molar-refractivity contribution in [3.63, 3.8) is 0 Å². The summed E-state index contributed by atoms with van der Waals surface area (Å²) < 4.78 is 21.1. The Balaban J connectivity index is 1.37. The van der Waals surface area contributed by atoms with Crippen molar-refractivity contribution in [2.75, 3.05) is 13.9 Å². The van der Waals surface area contributed by atoms with Crippen molar-refractivity contribution in [2.24, 2.45) is 5.10 Å². The third-order valence-electron chi connectivity index (χ3n) is 4.69. The van der Waals surface area contributed by atoms with E-state index in [0.29, 0.717) is 40.5 Å². The summed E-state index contributed by atoms with van der Waals surface area (Å²) in [5.41, 5.74) is 4.97. The summed E-state index contributed by atoms with van der Waals surface area (Å²) in [4.78, 5) is 23.9. The van der Waals surface area contributed by atoms with Crippen LogP contribution in [0.3, 0.4) is 0 Å². The predicted octanol–water partition coefficient (Wildman–Crippen LogP) is 3.54. The average Bonchev–Trinajstić information content (AvgIpc) is 3.31. The number of hydrazone groups is 1. The van der Waals surface area contributed by atoms with Gasteiger partial charge in [-0.15, -0.1) is 0 Å². The monoisotopic (exact) mass is 432 g/mol. The molecule has 8 heteroatoms. The number of methoxy groups -OCH3 is 1. The highest BCUT2D eigenvalue weighted by molar-refractivity contribution is 5.95. The van der Waals surface area contributed by atoms with E-state index in [0.717, 1.165) is 5.56 Å². The molecule has 3 aromatic rings. The molecule has 0 spiro atoms. The lowest BCUT2D eigenvalue weighted by atomic mass is 10.1. The van der Waals surface area contributed by atoms with Crippen LogP contribution >= 0.6 is 0 Å². The van der Waals surface area contributed by atoms with Gasteiger partial charge in [0.2, 0.25) is 6.79 Å². The molecule has 0 bridgehead atoms. The normalized spacial score (nSPS) is 11.9. The number of fused-ring (bicyclic) bond motifs is 1. The van der Waals surface area contributed by atoms with E-state index in [1.807, 2.05) is 24.3 Å². The summed E-state index contributed by atoms with van der Waals surface area (Å²) in [6.07, 6.45) is 1.51.